The minimum Gasteiger partial charge on any atom is -0.497 e. The normalized spacial score (nSPS) is 12.7. The van der Waals surface area contributed by atoms with Crippen LogP contribution in [0.4, 0.5) is 0 Å². The molecule has 0 saturated carbocycles. The fourth-order valence-electron chi connectivity index (χ4n) is 2.15. The molecule has 0 amide bonds. The van der Waals surface area contributed by atoms with E-state index in [-0.39, 0.29) is 6.10 Å². The average Bonchev–Trinajstić information content (AvgIpc) is 2.40. The monoisotopic (exact) mass is 251 g/mol. The van der Waals surface area contributed by atoms with Crippen LogP contribution in [0.15, 0.2) is 24.3 Å². The molecule has 0 aliphatic heterocycles. The molecular weight excluding hydrogens is 226 g/mol. The van der Waals surface area contributed by atoms with Crippen molar-refractivity contribution in [3.63, 3.8) is 0 Å². The van der Waals surface area contributed by atoms with Crippen LogP contribution < -0.4 is 10.1 Å². The summed E-state index contributed by atoms with van der Waals surface area (Å²) >= 11 is 0. The summed E-state index contributed by atoms with van der Waals surface area (Å²) in [7, 11) is 1.67. The van der Waals surface area contributed by atoms with Crippen molar-refractivity contribution in [1.29, 1.82) is 0 Å². The molecule has 0 fully saturated rings. The highest BCUT2D eigenvalue weighted by Crippen LogP contribution is 2.14. The van der Waals surface area contributed by atoms with Crippen molar-refractivity contribution in [2.75, 3.05) is 13.7 Å². The van der Waals surface area contributed by atoms with Gasteiger partial charge in [0.05, 0.1) is 13.2 Å². The summed E-state index contributed by atoms with van der Waals surface area (Å²) in [5, 5.41) is 13.3. The second-order valence-electron chi connectivity index (χ2n) is 4.63. The molecule has 0 aliphatic carbocycles. The molecule has 0 saturated heterocycles. The third-order valence-corrected chi connectivity index (χ3v) is 3.41. The van der Waals surface area contributed by atoms with E-state index in [1.54, 1.807) is 7.11 Å². The first-order valence-corrected chi connectivity index (χ1v) is 6.72. The molecule has 0 bridgehead atoms. The Balaban J connectivity index is 2.36. The zero-order valence-electron chi connectivity index (χ0n) is 11.6. The van der Waals surface area contributed by atoms with E-state index in [2.05, 4.69) is 25.2 Å². The number of benzene rings is 1. The second kappa shape index (κ2) is 8.11. The van der Waals surface area contributed by atoms with Crippen LogP contribution in [0.2, 0.25) is 0 Å². The highest BCUT2D eigenvalue weighted by Gasteiger charge is 2.14. The first-order chi connectivity index (χ1) is 8.71. The summed E-state index contributed by atoms with van der Waals surface area (Å²) < 4.78 is 5.18. The van der Waals surface area contributed by atoms with Gasteiger partial charge in [0.1, 0.15) is 5.75 Å². The van der Waals surface area contributed by atoms with Gasteiger partial charge in [0, 0.05) is 13.1 Å². The predicted molar refractivity (Wildman–Crippen MR) is 74.8 cm³/mol. The van der Waals surface area contributed by atoms with E-state index < -0.39 is 0 Å². The van der Waals surface area contributed by atoms with E-state index in [1.165, 1.54) is 5.56 Å². The minimum atomic E-state index is -0.259. The Morgan fingerprint density at radius 3 is 2.61 bits per heavy atom. The SMILES string of the molecule is CCC(CC)C(O)CNCc1cccc(OC)c1. The van der Waals surface area contributed by atoms with Crippen molar-refractivity contribution < 1.29 is 9.84 Å². The van der Waals surface area contributed by atoms with Crippen LogP contribution in [0.3, 0.4) is 0 Å². The number of rotatable bonds is 8. The predicted octanol–water partition coefficient (Wildman–Crippen LogP) is 2.58. The van der Waals surface area contributed by atoms with Crippen molar-refractivity contribution in [1.82, 2.24) is 5.32 Å². The van der Waals surface area contributed by atoms with Crippen LogP contribution in [-0.4, -0.2) is 24.9 Å². The van der Waals surface area contributed by atoms with Gasteiger partial charge in [-0.05, 0) is 23.6 Å². The number of methoxy groups -OCH3 is 1. The molecular formula is C15H25NO2. The number of hydrogen-bond acceptors (Lipinski definition) is 3. The highest BCUT2D eigenvalue weighted by molar-refractivity contribution is 5.28. The summed E-state index contributed by atoms with van der Waals surface area (Å²) in [5.74, 6) is 1.26. The third kappa shape index (κ3) is 4.67. The largest absolute Gasteiger partial charge is 0.497 e. The van der Waals surface area contributed by atoms with E-state index >= 15 is 0 Å². The van der Waals surface area contributed by atoms with Gasteiger partial charge < -0.3 is 15.2 Å². The zero-order chi connectivity index (χ0) is 13.4. The van der Waals surface area contributed by atoms with Gasteiger partial charge in [-0.2, -0.15) is 0 Å². The number of aliphatic hydroxyl groups is 1. The van der Waals surface area contributed by atoms with Crippen molar-refractivity contribution in [2.45, 2.75) is 39.3 Å². The molecule has 102 valence electrons. The minimum absolute atomic E-state index is 0.259. The van der Waals surface area contributed by atoms with Crippen LogP contribution in [0.25, 0.3) is 0 Å². The van der Waals surface area contributed by atoms with Gasteiger partial charge in [-0.25, -0.2) is 0 Å². The van der Waals surface area contributed by atoms with Gasteiger partial charge in [-0.1, -0.05) is 38.8 Å². The van der Waals surface area contributed by atoms with E-state index in [0.29, 0.717) is 12.5 Å². The summed E-state index contributed by atoms with van der Waals surface area (Å²) in [6, 6.07) is 7.98. The van der Waals surface area contributed by atoms with Gasteiger partial charge in [-0.3, -0.25) is 0 Å². The Morgan fingerprint density at radius 2 is 2.00 bits per heavy atom. The topological polar surface area (TPSA) is 41.5 Å². The van der Waals surface area contributed by atoms with E-state index in [0.717, 1.165) is 25.1 Å². The number of nitrogens with one attached hydrogen (secondary N) is 1. The van der Waals surface area contributed by atoms with Crippen molar-refractivity contribution in [3.05, 3.63) is 29.8 Å². The molecule has 18 heavy (non-hydrogen) atoms. The standard InChI is InChI=1S/C15H25NO2/c1-4-13(5-2)15(17)11-16-10-12-7-6-8-14(9-12)18-3/h6-9,13,15-17H,4-5,10-11H2,1-3H3. The molecule has 1 atom stereocenters. The Hall–Kier alpha value is -1.06. The van der Waals surface area contributed by atoms with Gasteiger partial charge >= 0.3 is 0 Å². The Labute approximate surface area is 110 Å². The number of ether oxygens (including phenoxy) is 1. The van der Waals surface area contributed by atoms with Gasteiger partial charge in [0.25, 0.3) is 0 Å². The summed E-state index contributed by atoms with van der Waals surface area (Å²) in [5.41, 5.74) is 1.17. The molecule has 2 N–H and O–H groups in total. The molecule has 0 heterocycles. The van der Waals surface area contributed by atoms with Crippen molar-refractivity contribution in [3.8, 4) is 5.75 Å². The lowest BCUT2D eigenvalue weighted by atomic mass is 9.96. The maximum Gasteiger partial charge on any atom is 0.119 e. The first-order valence-electron chi connectivity index (χ1n) is 6.72. The van der Waals surface area contributed by atoms with Crippen LogP contribution in [0.1, 0.15) is 32.3 Å². The number of hydrogen-bond donors (Lipinski definition) is 2. The van der Waals surface area contributed by atoms with Crippen LogP contribution >= 0.6 is 0 Å². The summed E-state index contributed by atoms with van der Waals surface area (Å²) in [6.45, 7) is 5.65. The molecule has 0 spiro atoms. The van der Waals surface area contributed by atoms with Gasteiger partial charge in [0.2, 0.25) is 0 Å². The Bertz CT molecular complexity index is 337. The van der Waals surface area contributed by atoms with Gasteiger partial charge in [-0.15, -0.1) is 0 Å². The molecule has 1 aromatic carbocycles. The molecule has 1 unspecified atom stereocenters. The van der Waals surface area contributed by atoms with E-state index in [1.807, 2.05) is 18.2 Å². The first kappa shape index (κ1) is 15.0. The molecule has 3 nitrogen and oxygen atoms in total. The maximum absolute atomic E-state index is 10.0. The molecule has 0 aliphatic rings. The lowest BCUT2D eigenvalue weighted by Gasteiger charge is -2.20. The zero-order valence-corrected chi connectivity index (χ0v) is 11.6. The summed E-state index contributed by atoms with van der Waals surface area (Å²) in [4.78, 5) is 0. The van der Waals surface area contributed by atoms with E-state index in [9.17, 15) is 5.11 Å². The molecule has 3 heteroatoms. The molecule has 0 radical (unpaired) electrons. The molecule has 1 aromatic rings. The average molecular weight is 251 g/mol. The Kier molecular flexibility index (Phi) is 6.76. The third-order valence-electron chi connectivity index (χ3n) is 3.41. The van der Waals surface area contributed by atoms with Crippen LogP contribution in [-0.2, 0) is 6.54 Å². The van der Waals surface area contributed by atoms with Gasteiger partial charge in [0.15, 0.2) is 0 Å². The fraction of sp³-hybridized carbons (Fsp3) is 0.600. The van der Waals surface area contributed by atoms with Crippen molar-refractivity contribution >= 4 is 0 Å². The smallest absolute Gasteiger partial charge is 0.119 e. The highest BCUT2D eigenvalue weighted by atomic mass is 16.5. The van der Waals surface area contributed by atoms with E-state index in [4.69, 9.17) is 4.74 Å². The maximum atomic E-state index is 10.0. The molecule has 1 rings (SSSR count). The molecule has 0 aromatic heterocycles. The quantitative estimate of drug-likeness (QED) is 0.746. The lowest BCUT2D eigenvalue weighted by Crippen LogP contribution is -2.32. The van der Waals surface area contributed by atoms with Crippen LogP contribution in [0, 0.1) is 5.92 Å². The fourth-order valence-corrected chi connectivity index (χ4v) is 2.15. The summed E-state index contributed by atoms with van der Waals surface area (Å²) in [6.07, 6.45) is 1.79. The number of aliphatic hydroxyl groups excluding tert-OH is 1. The lowest BCUT2D eigenvalue weighted by molar-refractivity contribution is 0.101. The van der Waals surface area contributed by atoms with Crippen LogP contribution in [0.5, 0.6) is 5.75 Å². The second-order valence-corrected chi connectivity index (χ2v) is 4.63. The van der Waals surface area contributed by atoms with Crippen molar-refractivity contribution in [2.24, 2.45) is 5.92 Å². The Morgan fingerprint density at radius 1 is 1.28 bits per heavy atom.